The van der Waals surface area contributed by atoms with Gasteiger partial charge >= 0.3 is 6.03 Å². The largest absolute Gasteiger partial charge is 0.322 e. The standard InChI is InChI=1S/C15H16N4O2/c1-8-12(9(2)19(3)18-8)10-4-6-11(7-5-10)13-14(20)17-15(21)16-13/h4-7,13H,1-3H3,(H2,16,17,20,21). The van der Waals surface area contributed by atoms with E-state index in [-0.39, 0.29) is 5.91 Å². The first-order chi connectivity index (χ1) is 9.97. The van der Waals surface area contributed by atoms with Crippen LogP contribution in [-0.4, -0.2) is 21.7 Å². The molecule has 0 saturated carbocycles. The number of nitrogens with one attached hydrogen (secondary N) is 2. The molecule has 3 amide bonds. The molecule has 0 spiro atoms. The van der Waals surface area contributed by atoms with Crippen LogP contribution in [-0.2, 0) is 11.8 Å². The molecule has 2 N–H and O–H groups in total. The van der Waals surface area contributed by atoms with E-state index < -0.39 is 12.1 Å². The van der Waals surface area contributed by atoms with Crippen molar-refractivity contribution in [2.24, 2.45) is 7.05 Å². The maximum Gasteiger partial charge on any atom is 0.322 e. The second-order valence-electron chi connectivity index (χ2n) is 5.19. The van der Waals surface area contributed by atoms with Gasteiger partial charge in [-0.3, -0.25) is 14.8 Å². The monoisotopic (exact) mass is 284 g/mol. The number of imide groups is 1. The predicted octanol–water partition coefficient (Wildman–Crippen LogP) is 1.58. The Labute approximate surface area is 122 Å². The molecule has 1 saturated heterocycles. The first-order valence-electron chi connectivity index (χ1n) is 6.69. The number of aryl methyl sites for hydroxylation is 2. The van der Waals surface area contributed by atoms with Crippen LogP contribution in [0.4, 0.5) is 4.79 Å². The third-order valence-electron chi connectivity index (χ3n) is 3.82. The second-order valence-corrected chi connectivity index (χ2v) is 5.19. The lowest BCUT2D eigenvalue weighted by Gasteiger charge is -2.09. The number of hydrogen-bond acceptors (Lipinski definition) is 3. The Morgan fingerprint density at radius 3 is 2.29 bits per heavy atom. The lowest BCUT2D eigenvalue weighted by molar-refractivity contribution is -0.120. The predicted molar refractivity (Wildman–Crippen MR) is 77.5 cm³/mol. The van der Waals surface area contributed by atoms with E-state index in [2.05, 4.69) is 15.7 Å². The fourth-order valence-corrected chi connectivity index (χ4v) is 2.69. The van der Waals surface area contributed by atoms with Crippen molar-refractivity contribution in [3.63, 3.8) is 0 Å². The molecule has 1 fully saturated rings. The fourth-order valence-electron chi connectivity index (χ4n) is 2.69. The van der Waals surface area contributed by atoms with Gasteiger partial charge < -0.3 is 5.32 Å². The van der Waals surface area contributed by atoms with Crippen LogP contribution in [0.2, 0.25) is 0 Å². The SMILES string of the molecule is Cc1nn(C)c(C)c1-c1ccc(C2NC(=O)NC2=O)cc1. The number of rotatable bonds is 2. The van der Waals surface area contributed by atoms with Gasteiger partial charge in [0.05, 0.1) is 5.69 Å². The van der Waals surface area contributed by atoms with Gasteiger partial charge in [-0.2, -0.15) is 5.10 Å². The van der Waals surface area contributed by atoms with Gasteiger partial charge in [-0.05, 0) is 25.0 Å². The summed E-state index contributed by atoms with van der Waals surface area (Å²) in [5.41, 5.74) is 4.97. The molecule has 1 atom stereocenters. The molecule has 1 aromatic carbocycles. The molecule has 1 aliphatic heterocycles. The Balaban J connectivity index is 1.94. The summed E-state index contributed by atoms with van der Waals surface area (Å²) in [6.45, 7) is 3.99. The zero-order chi connectivity index (χ0) is 15.1. The minimum absolute atomic E-state index is 0.318. The lowest BCUT2D eigenvalue weighted by Crippen LogP contribution is -2.22. The second kappa shape index (κ2) is 4.73. The van der Waals surface area contributed by atoms with E-state index in [4.69, 9.17) is 0 Å². The van der Waals surface area contributed by atoms with Crippen molar-refractivity contribution >= 4 is 11.9 Å². The van der Waals surface area contributed by atoms with Crippen LogP contribution >= 0.6 is 0 Å². The van der Waals surface area contributed by atoms with Crippen LogP contribution in [0.3, 0.4) is 0 Å². The summed E-state index contributed by atoms with van der Waals surface area (Å²) >= 11 is 0. The maximum absolute atomic E-state index is 11.6. The summed E-state index contributed by atoms with van der Waals surface area (Å²) in [6, 6.07) is 6.55. The third kappa shape index (κ3) is 2.18. The quantitative estimate of drug-likeness (QED) is 0.822. The molecule has 3 rings (SSSR count). The highest BCUT2D eigenvalue weighted by atomic mass is 16.2. The molecular weight excluding hydrogens is 268 g/mol. The Kier molecular flexibility index (Phi) is 3.01. The molecule has 2 heterocycles. The summed E-state index contributed by atoms with van der Waals surface area (Å²) in [4.78, 5) is 22.8. The molecule has 108 valence electrons. The van der Waals surface area contributed by atoms with Gasteiger partial charge in [0, 0.05) is 18.3 Å². The molecule has 6 nitrogen and oxygen atoms in total. The zero-order valence-corrected chi connectivity index (χ0v) is 12.1. The molecule has 6 heteroatoms. The number of aromatic nitrogens is 2. The number of benzene rings is 1. The minimum atomic E-state index is -0.609. The van der Waals surface area contributed by atoms with Gasteiger partial charge in [-0.15, -0.1) is 0 Å². The summed E-state index contributed by atoms with van der Waals surface area (Å²) in [5, 5.41) is 9.23. The first kappa shape index (κ1) is 13.4. The Morgan fingerprint density at radius 1 is 1.14 bits per heavy atom. The molecule has 1 aromatic heterocycles. The van der Waals surface area contributed by atoms with Crippen LogP contribution < -0.4 is 10.6 Å². The number of nitrogens with zero attached hydrogens (tertiary/aromatic N) is 2. The Bertz CT molecular complexity index is 731. The summed E-state index contributed by atoms with van der Waals surface area (Å²) < 4.78 is 1.85. The molecule has 1 unspecified atom stereocenters. The summed E-state index contributed by atoms with van der Waals surface area (Å²) in [6.07, 6.45) is 0. The van der Waals surface area contributed by atoms with Crippen molar-refractivity contribution in [2.75, 3.05) is 0 Å². The fraction of sp³-hybridized carbons (Fsp3) is 0.267. The van der Waals surface area contributed by atoms with Gasteiger partial charge in [-0.1, -0.05) is 24.3 Å². The summed E-state index contributed by atoms with van der Waals surface area (Å²) in [5.74, 6) is -0.318. The van der Waals surface area contributed by atoms with Crippen molar-refractivity contribution in [3.05, 3.63) is 41.2 Å². The molecule has 0 radical (unpaired) electrons. The van der Waals surface area contributed by atoms with Crippen LogP contribution in [0.1, 0.15) is 23.0 Å². The Morgan fingerprint density at radius 2 is 1.81 bits per heavy atom. The van der Waals surface area contributed by atoms with Crippen molar-refractivity contribution in [2.45, 2.75) is 19.9 Å². The number of carbonyl (C=O) groups is 2. The third-order valence-corrected chi connectivity index (χ3v) is 3.82. The number of urea groups is 1. The topological polar surface area (TPSA) is 76.0 Å². The molecule has 1 aliphatic rings. The van der Waals surface area contributed by atoms with E-state index in [9.17, 15) is 9.59 Å². The van der Waals surface area contributed by atoms with E-state index >= 15 is 0 Å². The Hall–Kier alpha value is -2.63. The van der Waals surface area contributed by atoms with Crippen LogP contribution in [0.25, 0.3) is 11.1 Å². The average molecular weight is 284 g/mol. The highest BCUT2D eigenvalue weighted by Gasteiger charge is 2.30. The zero-order valence-electron chi connectivity index (χ0n) is 12.1. The highest BCUT2D eigenvalue weighted by molar-refractivity contribution is 6.04. The van der Waals surface area contributed by atoms with E-state index in [0.717, 1.165) is 28.1 Å². The number of amides is 3. The molecule has 0 bridgehead atoms. The first-order valence-corrected chi connectivity index (χ1v) is 6.69. The van der Waals surface area contributed by atoms with Crippen LogP contribution in [0, 0.1) is 13.8 Å². The van der Waals surface area contributed by atoms with Crippen molar-refractivity contribution in [3.8, 4) is 11.1 Å². The van der Waals surface area contributed by atoms with Crippen molar-refractivity contribution < 1.29 is 9.59 Å². The lowest BCUT2D eigenvalue weighted by atomic mass is 9.99. The average Bonchev–Trinajstić information content (AvgIpc) is 2.90. The van der Waals surface area contributed by atoms with Crippen LogP contribution in [0.15, 0.2) is 24.3 Å². The van der Waals surface area contributed by atoms with Crippen molar-refractivity contribution in [1.82, 2.24) is 20.4 Å². The van der Waals surface area contributed by atoms with Gasteiger partial charge in [0.1, 0.15) is 6.04 Å². The van der Waals surface area contributed by atoms with E-state index in [1.54, 1.807) is 0 Å². The van der Waals surface area contributed by atoms with Gasteiger partial charge in [-0.25, -0.2) is 4.79 Å². The molecule has 2 aromatic rings. The normalized spacial score (nSPS) is 17.8. The molecule has 21 heavy (non-hydrogen) atoms. The molecule has 0 aliphatic carbocycles. The van der Waals surface area contributed by atoms with Gasteiger partial charge in [0.25, 0.3) is 5.91 Å². The van der Waals surface area contributed by atoms with E-state index in [1.807, 2.05) is 49.8 Å². The minimum Gasteiger partial charge on any atom is -0.322 e. The van der Waals surface area contributed by atoms with E-state index in [0.29, 0.717) is 0 Å². The van der Waals surface area contributed by atoms with Gasteiger partial charge in [0.2, 0.25) is 0 Å². The maximum atomic E-state index is 11.6. The van der Waals surface area contributed by atoms with Gasteiger partial charge in [0.15, 0.2) is 0 Å². The number of hydrogen-bond donors (Lipinski definition) is 2. The summed E-state index contributed by atoms with van der Waals surface area (Å²) in [7, 11) is 1.92. The number of carbonyl (C=O) groups excluding carboxylic acids is 2. The molecular formula is C15H16N4O2. The van der Waals surface area contributed by atoms with Crippen LogP contribution in [0.5, 0.6) is 0 Å². The highest BCUT2D eigenvalue weighted by Crippen LogP contribution is 2.28. The smallest absolute Gasteiger partial charge is 0.322 e. The van der Waals surface area contributed by atoms with Crippen molar-refractivity contribution in [1.29, 1.82) is 0 Å². The van der Waals surface area contributed by atoms with E-state index in [1.165, 1.54) is 0 Å².